The van der Waals surface area contributed by atoms with Crippen LogP contribution in [0.4, 0.5) is 17.5 Å². The van der Waals surface area contributed by atoms with E-state index >= 15 is 0 Å². The fourth-order valence-corrected chi connectivity index (χ4v) is 8.77. The number of hydrogen-bond donors (Lipinski definition) is 1. The van der Waals surface area contributed by atoms with Crippen LogP contribution in [-0.2, 0) is 6.42 Å². The summed E-state index contributed by atoms with van der Waals surface area (Å²) in [6.45, 7) is 9.07. The Morgan fingerprint density at radius 1 is 0.583 bits per heavy atom. The van der Waals surface area contributed by atoms with Gasteiger partial charge in [-0.1, -0.05) is 72.8 Å². The summed E-state index contributed by atoms with van der Waals surface area (Å²) >= 11 is 3.50. The van der Waals surface area contributed by atoms with Crippen molar-refractivity contribution in [2.75, 3.05) is 15.5 Å². The number of rotatable bonds is 6. The van der Waals surface area contributed by atoms with E-state index < -0.39 is 0 Å². The second-order valence-corrected chi connectivity index (χ2v) is 16.4. The number of hydrogen-bond acceptors (Lipinski definition) is 9. The molecular formula is C47H51BrClN11. The van der Waals surface area contributed by atoms with Crippen LogP contribution < -0.4 is 15.5 Å². The standard InChI is InChI=1S/C24H25N5.C12H8BrN3.C11H17N3.ClH/c1-17-11-12-18(2)29(17)23-10-6-9-21(26-23)15-20-16-22(19-7-4-3-5-8-19)27-28-14-13-25-24(20)28;13-10-8-11(9-4-2-1-3-5-9)15-16-7-6-14-12(10)16;1-8-6-7-9(2)14(8)11-5-3-4-10(12)13-11;/h3-10,13-14,16-18H,11-12,15H2,1-2H3;1-8H;3-5,8-9H,6-7H2,1-2H3,(H2,12,13);1H. The second kappa shape index (κ2) is 19.0. The van der Waals surface area contributed by atoms with Crippen LogP contribution in [0, 0.1) is 0 Å². The Hall–Kier alpha value is -5.85. The number of nitrogens with two attached hydrogens (primary N) is 1. The molecular weight excluding hydrogens is 834 g/mol. The molecule has 60 heavy (non-hydrogen) atoms. The van der Waals surface area contributed by atoms with Crippen LogP contribution in [-0.4, -0.2) is 63.3 Å². The molecule has 2 N–H and O–H groups in total. The number of nitrogen functional groups attached to an aromatic ring is 1. The summed E-state index contributed by atoms with van der Waals surface area (Å²) in [6.07, 6.45) is 13.0. The zero-order chi connectivity index (χ0) is 40.9. The van der Waals surface area contributed by atoms with Crippen LogP contribution >= 0.6 is 28.3 Å². The Morgan fingerprint density at radius 2 is 1.07 bits per heavy atom. The van der Waals surface area contributed by atoms with Gasteiger partial charge in [-0.15, -0.1) is 12.4 Å². The smallest absolute Gasteiger partial charge is 0.167 e. The Bertz CT molecular complexity index is 2610. The quantitative estimate of drug-likeness (QED) is 0.174. The van der Waals surface area contributed by atoms with Crippen molar-refractivity contribution in [3.63, 3.8) is 0 Å². The molecule has 2 aromatic carbocycles. The van der Waals surface area contributed by atoms with Crippen LogP contribution in [0.5, 0.6) is 0 Å². The summed E-state index contributed by atoms with van der Waals surface area (Å²) < 4.78 is 4.59. The first-order chi connectivity index (χ1) is 28.7. The van der Waals surface area contributed by atoms with Crippen molar-refractivity contribution in [2.45, 2.75) is 84.0 Å². The molecule has 2 fully saturated rings. The van der Waals surface area contributed by atoms with E-state index in [9.17, 15) is 0 Å². The molecule has 0 radical (unpaired) electrons. The topological polar surface area (TPSA) is 119 Å². The summed E-state index contributed by atoms with van der Waals surface area (Å²) in [7, 11) is 0. The fraction of sp³-hybridized carbons (Fsp3) is 0.277. The van der Waals surface area contributed by atoms with Crippen molar-refractivity contribution in [1.82, 2.24) is 39.2 Å². The molecule has 0 saturated carbocycles. The van der Waals surface area contributed by atoms with Crippen LogP contribution in [0.25, 0.3) is 33.8 Å². The molecule has 11 nitrogen and oxygen atoms in total. The van der Waals surface area contributed by atoms with E-state index in [4.69, 9.17) is 15.8 Å². The molecule has 308 valence electrons. The predicted molar refractivity (Wildman–Crippen MR) is 249 cm³/mol. The highest BCUT2D eigenvalue weighted by Crippen LogP contribution is 2.31. The Labute approximate surface area is 366 Å². The maximum atomic E-state index is 5.68. The van der Waals surface area contributed by atoms with E-state index in [1.54, 1.807) is 16.9 Å². The fourth-order valence-electron chi connectivity index (χ4n) is 8.27. The van der Waals surface area contributed by atoms with Gasteiger partial charge in [0.1, 0.15) is 17.5 Å². The van der Waals surface area contributed by atoms with Crippen LogP contribution in [0.3, 0.4) is 0 Å². The predicted octanol–water partition coefficient (Wildman–Crippen LogP) is 10.4. The van der Waals surface area contributed by atoms with Crippen molar-refractivity contribution >= 4 is 57.1 Å². The van der Waals surface area contributed by atoms with Gasteiger partial charge in [0, 0.05) is 77.8 Å². The van der Waals surface area contributed by atoms with E-state index in [2.05, 4.69) is 110 Å². The van der Waals surface area contributed by atoms with Crippen LogP contribution in [0.2, 0.25) is 0 Å². The molecule has 10 rings (SSSR count). The highest BCUT2D eigenvalue weighted by Gasteiger charge is 2.29. The van der Waals surface area contributed by atoms with E-state index in [-0.39, 0.29) is 12.4 Å². The first kappa shape index (κ1) is 42.3. The first-order valence-electron chi connectivity index (χ1n) is 20.4. The van der Waals surface area contributed by atoms with Crippen LogP contribution in [0.15, 0.2) is 138 Å². The molecule has 0 spiro atoms. The number of benzene rings is 2. The van der Waals surface area contributed by atoms with E-state index in [0.29, 0.717) is 30.0 Å². The van der Waals surface area contributed by atoms with E-state index in [1.807, 2.05) is 89.7 Å². The van der Waals surface area contributed by atoms with Gasteiger partial charge in [-0.2, -0.15) is 10.2 Å². The summed E-state index contributed by atoms with van der Waals surface area (Å²) in [6, 6.07) is 38.9. The average Bonchev–Trinajstić information content (AvgIpc) is 4.07. The lowest BCUT2D eigenvalue weighted by molar-refractivity contribution is 0.681. The summed E-state index contributed by atoms with van der Waals surface area (Å²) in [5, 5.41) is 9.22. The van der Waals surface area contributed by atoms with Gasteiger partial charge < -0.3 is 15.5 Å². The van der Waals surface area contributed by atoms with Crippen molar-refractivity contribution in [1.29, 1.82) is 0 Å². The zero-order valence-corrected chi connectivity index (χ0v) is 36.8. The van der Waals surface area contributed by atoms with Gasteiger partial charge in [-0.05, 0) is 106 Å². The van der Waals surface area contributed by atoms with Gasteiger partial charge in [0.25, 0.3) is 0 Å². The van der Waals surface area contributed by atoms with Gasteiger partial charge in [-0.3, -0.25) is 0 Å². The minimum Gasteiger partial charge on any atom is -0.384 e. The van der Waals surface area contributed by atoms with Crippen molar-refractivity contribution < 1.29 is 0 Å². The third-order valence-electron chi connectivity index (χ3n) is 11.2. The molecule has 2 aliphatic rings. The summed E-state index contributed by atoms with van der Waals surface area (Å²) in [4.78, 5) is 22.9. The largest absolute Gasteiger partial charge is 0.384 e. The molecule has 8 aromatic rings. The molecule has 0 bridgehead atoms. The molecule has 0 amide bonds. The lowest BCUT2D eigenvalue weighted by Crippen LogP contribution is -2.33. The Morgan fingerprint density at radius 3 is 1.62 bits per heavy atom. The minimum atomic E-state index is 0. The molecule has 4 atom stereocenters. The first-order valence-corrected chi connectivity index (χ1v) is 21.2. The SMILES string of the molecule is Brc1cc(-c2ccccc2)nn2ccnc12.CC1CCC(C)N1c1cccc(Cc2cc(-c3ccccc3)nn3ccnc23)n1.CC1CCC(C)N1c1cccc(N)n1.Cl. The highest BCUT2D eigenvalue weighted by molar-refractivity contribution is 9.10. The molecule has 4 unspecified atom stereocenters. The maximum Gasteiger partial charge on any atom is 0.167 e. The average molecular weight is 885 g/mol. The molecule has 6 aromatic heterocycles. The van der Waals surface area contributed by atoms with Gasteiger partial charge >= 0.3 is 0 Å². The third-order valence-corrected chi connectivity index (χ3v) is 11.8. The Kier molecular flexibility index (Phi) is 13.4. The normalized spacial score (nSPS) is 18.4. The Balaban J connectivity index is 0.000000148. The monoisotopic (exact) mass is 883 g/mol. The van der Waals surface area contributed by atoms with E-state index in [1.165, 1.54) is 25.7 Å². The number of aromatic nitrogens is 8. The molecule has 2 saturated heterocycles. The molecule has 0 aliphatic carbocycles. The number of nitrogens with zero attached hydrogens (tertiary/aromatic N) is 10. The number of anilines is 3. The van der Waals surface area contributed by atoms with Gasteiger partial charge in [0.15, 0.2) is 11.3 Å². The number of halogens is 2. The summed E-state index contributed by atoms with van der Waals surface area (Å²) in [5.41, 5.74) is 13.7. The highest BCUT2D eigenvalue weighted by atomic mass is 79.9. The number of pyridine rings is 2. The van der Waals surface area contributed by atoms with Crippen molar-refractivity contribution in [3.05, 3.63) is 150 Å². The summed E-state index contributed by atoms with van der Waals surface area (Å²) in [5.74, 6) is 2.70. The van der Waals surface area contributed by atoms with Crippen LogP contribution in [0.1, 0.15) is 64.6 Å². The number of imidazole rings is 2. The molecule has 2 aliphatic heterocycles. The lowest BCUT2D eigenvalue weighted by Gasteiger charge is -2.27. The van der Waals surface area contributed by atoms with Gasteiger partial charge in [0.05, 0.1) is 15.9 Å². The lowest BCUT2D eigenvalue weighted by atomic mass is 10.1. The van der Waals surface area contributed by atoms with Crippen molar-refractivity contribution in [2.24, 2.45) is 0 Å². The second-order valence-electron chi connectivity index (χ2n) is 15.5. The number of fused-ring (bicyclic) bond motifs is 2. The maximum absolute atomic E-state index is 5.68. The third kappa shape index (κ3) is 9.45. The minimum absolute atomic E-state index is 0. The van der Waals surface area contributed by atoms with Gasteiger partial charge in [0.2, 0.25) is 0 Å². The van der Waals surface area contributed by atoms with E-state index in [0.717, 1.165) is 67.6 Å². The van der Waals surface area contributed by atoms with Crippen molar-refractivity contribution in [3.8, 4) is 22.5 Å². The molecule has 8 heterocycles. The van der Waals surface area contributed by atoms with Gasteiger partial charge in [-0.25, -0.2) is 29.0 Å². The zero-order valence-electron chi connectivity index (χ0n) is 34.4. The molecule has 13 heteroatoms.